The van der Waals surface area contributed by atoms with Gasteiger partial charge in [-0.25, -0.2) is 5.84 Å². The molecule has 1 aromatic carbocycles. The monoisotopic (exact) mass is 328 g/mol. The van der Waals surface area contributed by atoms with Crippen molar-refractivity contribution in [2.45, 2.75) is 37.1 Å². The van der Waals surface area contributed by atoms with Gasteiger partial charge in [0.1, 0.15) is 30.2 Å². The predicted molar refractivity (Wildman–Crippen MR) is 76.9 cm³/mol. The highest BCUT2D eigenvalue weighted by molar-refractivity contribution is 5.77. The first-order valence-corrected chi connectivity index (χ1v) is 7.01. The van der Waals surface area contributed by atoms with Crippen molar-refractivity contribution in [2.24, 2.45) is 5.84 Å². The molecule has 0 aromatic heterocycles. The Morgan fingerprint density at radius 3 is 2.39 bits per heavy atom. The number of carbonyl (C=O) groups is 1. The Hall–Kier alpha value is -1.75. The van der Waals surface area contributed by atoms with Crippen molar-refractivity contribution in [1.29, 1.82) is 0 Å². The zero-order valence-corrected chi connectivity index (χ0v) is 12.2. The SMILES string of the molecule is NNC(=O)Cc1ccc(O[C@@H]2OC(CO)[C@H](O)C(O)C2O)cc1. The summed E-state index contributed by atoms with van der Waals surface area (Å²) < 4.78 is 10.7. The number of carbonyl (C=O) groups excluding carboxylic acids is 1. The van der Waals surface area contributed by atoms with Crippen molar-refractivity contribution in [3.8, 4) is 5.75 Å². The Labute approximate surface area is 132 Å². The molecular formula is C14H20N2O7. The maximum atomic E-state index is 11.2. The lowest BCUT2D eigenvalue weighted by Crippen LogP contribution is -2.60. The molecule has 23 heavy (non-hydrogen) atoms. The normalized spacial score (nSPS) is 30.7. The fourth-order valence-electron chi connectivity index (χ4n) is 2.22. The summed E-state index contributed by atoms with van der Waals surface area (Å²) in [5, 5.41) is 38.4. The average Bonchev–Trinajstić information content (AvgIpc) is 2.56. The van der Waals surface area contributed by atoms with Crippen LogP contribution >= 0.6 is 0 Å². The maximum absolute atomic E-state index is 11.2. The van der Waals surface area contributed by atoms with E-state index in [0.717, 1.165) is 0 Å². The maximum Gasteiger partial charge on any atom is 0.238 e. The number of aliphatic hydroxyl groups is 4. The molecule has 9 heteroatoms. The van der Waals surface area contributed by atoms with Gasteiger partial charge in [-0.05, 0) is 17.7 Å². The van der Waals surface area contributed by atoms with E-state index in [1.807, 2.05) is 5.43 Å². The second kappa shape index (κ2) is 7.68. The first-order valence-electron chi connectivity index (χ1n) is 7.01. The van der Waals surface area contributed by atoms with E-state index in [0.29, 0.717) is 11.3 Å². The molecule has 2 rings (SSSR count). The van der Waals surface area contributed by atoms with E-state index in [1.54, 1.807) is 24.3 Å². The molecular weight excluding hydrogens is 308 g/mol. The van der Waals surface area contributed by atoms with Gasteiger partial charge in [0.15, 0.2) is 0 Å². The van der Waals surface area contributed by atoms with Crippen molar-refractivity contribution < 1.29 is 34.7 Å². The Bertz CT molecular complexity index is 522. The molecule has 1 heterocycles. The minimum Gasteiger partial charge on any atom is -0.462 e. The Balaban J connectivity index is 2.01. The molecule has 3 unspecified atom stereocenters. The summed E-state index contributed by atoms with van der Waals surface area (Å²) in [5.74, 6) is 4.99. The highest BCUT2D eigenvalue weighted by Crippen LogP contribution is 2.24. The quantitative estimate of drug-likeness (QED) is 0.195. The number of benzene rings is 1. The second-order valence-electron chi connectivity index (χ2n) is 5.20. The van der Waals surface area contributed by atoms with Gasteiger partial charge in [0.25, 0.3) is 0 Å². The summed E-state index contributed by atoms with van der Waals surface area (Å²) in [6, 6.07) is 6.38. The van der Waals surface area contributed by atoms with E-state index in [2.05, 4.69) is 0 Å². The molecule has 0 spiro atoms. The number of amides is 1. The summed E-state index contributed by atoms with van der Waals surface area (Å²) in [6.07, 6.45) is -6.59. The molecule has 9 nitrogen and oxygen atoms in total. The number of hydrogen-bond acceptors (Lipinski definition) is 8. The molecule has 1 aliphatic heterocycles. The standard InChI is InChI=1S/C14H20N2O7/c15-16-10(18)5-7-1-3-8(4-2-7)22-14-13(21)12(20)11(19)9(6-17)23-14/h1-4,9,11-14,17,19-21H,5-6,15H2,(H,16,18)/t9?,11-,12?,13?,14+/m0/s1. The van der Waals surface area contributed by atoms with Gasteiger partial charge in [0, 0.05) is 0 Å². The van der Waals surface area contributed by atoms with Crippen molar-refractivity contribution in [2.75, 3.05) is 6.61 Å². The van der Waals surface area contributed by atoms with E-state index in [4.69, 9.17) is 20.4 Å². The minimum atomic E-state index is -1.50. The van der Waals surface area contributed by atoms with Gasteiger partial charge < -0.3 is 29.9 Å². The van der Waals surface area contributed by atoms with E-state index in [1.165, 1.54) is 0 Å². The van der Waals surface area contributed by atoms with Gasteiger partial charge >= 0.3 is 0 Å². The summed E-state index contributed by atoms with van der Waals surface area (Å²) in [4.78, 5) is 11.2. The van der Waals surface area contributed by atoms with E-state index < -0.39 is 37.3 Å². The lowest BCUT2D eigenvalue weighted by atomic mass is 9.99. The predicted octanol–water partition coefficient (Wildman–Crippen LogP) is -2.60. The molecule has 0 bridgehead atoms. The zero-order chi connectivity index (χ0) is 17.0. The molecule has 0 radical (unpaired) electrons. The van der Waals surface area contributed by atoms with Gasteiger partial charge in [0.2, 0.25) is 12.2 Å². The first-order chi connectivity index (χ1) is 11.0. The average molecular weight is 328 g/mol. The number of hydrazine groups is 1. The number of nitrogens with two attached hydrogens (primary N) is 1. The van der Waals surface area contributed by atoms with Gasteiger partial charge in [-0.2, -0.15) is 0 Å². The van der Waals surface area contributed by atoms with Crippen LogP contribution in [0, 0.1) is 0 Å². The highest BCUT2D eigenvalue weighted by Gasteiger charge is 2.44. The third-order valence-corrected chi connectivity index (χ3v) is 3.55. The van der Waals surface area contributed by atoms with Crippen LogP contribution in [0.15, 0.2) is 24.3 Å². The molecule has 1 amide bonds. The van der Waals surface area contributed by atoms with Gasteiger partial charge in [-0.15, -0.1) is 0 Å². The summed E-state index contributed by atoms with van der Waals surface area (Å²) >= 11 is 0. The topological polar surface area (TPSA) is 154 Å². The van der Waals surface area contributed by atoms with Crippen LogP contribution in [0.4, 0.5) is 0 Å². The molecule has 1 fully saturated rings. The van der Waals surface area contributed by atoms with Crippen LogP contribution < -0.4 is 16.0 Å². The van der Waals surface area contributed by atoms with Gasteiger partial charge in [-0.1, -0.05) is 12.1 Å². The fourth-order valence-corrected chi connectivity index (χ4v) is 2.22. The molecule has 0 saturated carbocycles. The summed E-state index contributed by atoms with van der Waals surface area (Å²) in [6.45, 7) is -0.530. The molecule has 1 aliphatic rings. The van der Waals surface area contributed by atoms with Crippen LogP contribution in [0.25, 0.3) is 0 Å². The van der Waals surface area contributed by atoms with E-state index in [9.17, 15) is 20.1 Å². The van der Waals surface area contributed by atoms with E-state index in [-0.39, 0.29) is 12.3 Å². The van der Waals surface area contributed by atoms with E-state index >= 15 is 0 Å². The molecule has 1 aromatic rings. The number of hydrogen-bond donors (Lipinski definition) is 6. The number of ether oxygens (including phenoxy) is 2. The lowest BCUT2D eigenvalue weighted by molar-refractivity contribution is -0.277. The van der Waals surface area contributed by atoms with Crippen LogP contribution in [-0.2, 0) is 16.0 Å². The van der Waals surface area contributed by atoms with Crippen LogP contribution in [0.5, 0.6) is 5.75 Å². The first kappa shape index (κ1) is 17.6. The van der Waals surface area contributed by atoms with Gasteiger partial charge in [0.05, 0.1) is 13.0 Å². The fraction of sp³-hybridized carbons (Fsp3) is 0.500. The third kappa shape index (κ3) is 4.16. The Morgan fingerprint density at radius 2 is 1.83 bits per heavy atom. The smallest absolute Gasteiger partial charge is 0.238 e. The summed E-state index contributed by atoms with van der Waals surface area (Å²) in [5.41, 5.74) is 2.72. The van der Waals surface area contributed by atoms with Crippen molar-refractivity contribution in [1.82, 2.24) is 5.43 Å². The number of rotatable bonds is 5. The lowest BCUT2D eigenvalue weighted by Gasteiger charge is -2.39. The van der Waals surface area contributed by atoms with Crippen LogP contribution in [0.3, 0.4) is 0 Å². The number of aliphatic hydroxyl groups excluding tert-OH is 4. The van der Waals surface area contributed by atoms with Crippen LogP contribution in [-0.4, -0.2) is 63.6 Å². The Kier molecular flexibility index (Phi) is 5.88. The molecule has 0 aliphatic carbocycles. The van der Waals surface area contributed by atoms with Crippen molar-refractivity contribution >= 4 is 5.91 Å². The second-order valence-corrected chi connectivity index (χ2v) is 5.20. The van der Waals surface area contributed by atoms with Crippen molar-refractivity contribution in [3.63, 3.8) is 0 Å². The largest absolute Gasteiger partial charge is 0.462 e. The Morgan fingerprint density at radius 1 is 1.17 bits per heavy atom. The number of nitrogens with one attached hydrogen (secondary N) is 1. The molecule has 5 atom stereocenters. The minimum absolute atomic E-state index is 0.108. The van der Waals surface area contributed by atoms with Gasteiger partial charge in [-0.3, -0.25) is 10.2 Å². The molecule has 7 N–H and O–H groups in total. The van der Waals surface area contributed by atoms with Crippen LogP contribution in [0.1, 0.15) is 5.56 Å². The highest BCUT2D eigenvalue weighted by atomic mass is 16.7. The molecule has 128 valence electrons. The third-order valence-electron chi connectivity index (χ3n) is 3.55. The zero-order valence-electron chi connectivity index (χ0n) is 12.2. The van der Waals surface area contributed by atoms with Crippen LogP contribution in [0.2, 0.25) is 0 Å². The molecule has 1 saturated heterocycles. The summed E-state index contributed by atoms with van der Waals surface area (Å²) in [7, 11) is 0. The van der Waals surface area contributed by atoms with Crippen molar-refractivity contribution in [3.05, 3.63) is 29.8 Å².